The highest BCUT2D eigenvalue weighted by Crippen LogP contribution is 2.39. The quantitative estimate of drug-likeness (QED) is 0.909. The van der Waals surface area contributed by atoms with Gasteiger partial charge in [0, 0.05) is 18.4 Å². The van der Waals surface area contributed by atoms with E-state index in [9.17, 15) is 0 Å². The Morgan fingerprint density at radius 2 is 1.79 bits per heavy atom. The summed E-state index contributed by atoms with van der Waals surface area (Å²) in [5.74, 6) is 1.73. The Balaban J connectivity index is 2.45. The third-order valence-corrected chi connectivity index (χ3v) is 4.20. The van der Waals surface area contributed by atoms with E-state index in [4.69, 9.17) is 15.5 Å². The van der Waals surface area contributed by atoms with Crippen molar-refractivity contribution in [2.45, 2.75) is 64.4 Å². The molecular weight excluding hydrogens is 238 g/mol. The fourth-order valence-corrected chi connectivity index (χ4v) is 3.16. The maximum Gasteiger partial charge on any atom is 0.162 e. The van der Waals surface area contributed by atoms with Gasteiger partial charge in [-0.15, -0.1) is 0 Å². The first-order valence-electron chi connectivity index (χ1n) is 7.20. The molecule has 2 rings (SSSR count). The van der Waals surface area contributed by atoms with Gasteiger partial charge in [-0.05, 0) is 25.7 Å². The zero-order valence-corrected chi connectivity index (χ0v) is 12.5. The van der Waals surface area contributed by atoms with Gasteiger partial charge in [-0.2, -0.15) is 0 Å². The van der Waals surface area contributed by atoms with E-state index in [0.717, 1.165) is 29.9 Å². The molecule has 1 aliphatic rings. The van der Waals surface area contributed by atoms with Crippen molar-refractivity contribution < 1.29 is 4.74 Å². The third kappa shape index (κ3) is 2.59. The van der Waals surface area contributed by atoms with Crippen LogP contribution in [0.1, 0.15) is 69.0 Å². The molecule has 1 saturated carbocycles. The summed E-state index contributed by atoms with van der Waals surface area (Å²) < 4.78 is 5.79. The number of rotatable bonds is 3. The topological polar surface area (TPSA) is 61.0 Å². The number of ether oxygens (including phenoxy) is 1. The average Bonchev–Trinajstić information content (AvgIpc) is 2.38. The van der Waals surface area contributed by atoms with Gasteiger partial charge in [-0.1, -0.05) is 33.1 Å². The summed E-state index contributed by atoms with van der Waals surface area (Å²) in [5.41, 5.74) is 7.86. The van der Waals surface area contributed by atoms with Gasteiger partial charge in [0.25, 0.3) is 0 Å². The number of hydrogen-bond donors (Lipinski definition) is 1. The Morgan fingerprint density at radius 3 is 2.26 bits per heavy atom. The van der Waals surface area contributed by atoms with Gasteiger partial charge in [0.05, 0.1) is 0 Å². The molecule has 0 amide bonds. The van der Waals surface area contributed by atoms with E-state index in [2.05, 4.69) is 18.8 Å². The fourth-order valence-electron chi connectivity index (χ4n) is 3.16. The summed E-state index contributed by atoms with van der Waals surface area (Å²) >= 11 is 0. The third-order valence-electron chi connectivity index (χ3n) is 4.20. The van der Waals surface area contributed by atoms with Gasteiger partial charge in [0.15, 0.2) is 5.82 Å². The van der Waals surface area contributed by atoms with Gasteiger partial charge < -0.3 is 10.5 Å². The van der Waals surface area contributed by atoms with Gasteiger partial charge in [-0.25, -0.2) is 9.97 Å². The number of nitrogens with two attached hydrogens (primary N) is 1. The first-order chi connectivity index (χ1) is 9.00. The molecule has 1 aromatic heterocycles. The summed E-state index contributed by atoms with van der Waals surface area (Å²) in [5, 5.41) is 0. The number of methoxy groups -OCH3 is 1. The van der Waals surface area contributed by atoms with Crippen LogP contribution >= 0.6 is 0 Å². The monoisotopic (exact) mass is 263 g/mol. The molecular formula is C15H25N3O. The molecule has 0 unspecified atom stereocenters. The van der Waals surface area contributed by atoms with Gasteiger partial charge >= 0.3 is 0 Å². The maximum atomic E-state index is 6.14. The number of nitrogens with zero attached hydrogens (tertiary/aromatic N) is 2. The molecule has 0 saturated heterocycles. The molecule has 4 heteroatoms. The minimum Gasteiger partial charge on any atom is -0.383 e. The van der Waals surface area contributed by atoms with Crippen molar-refractivity contribution >= 4 is 5.82 Å². The number of anilines is 1. The van der Waals surface area contributed by atoms with E-state index in [1.807, 2.05) is 6.92 Å². The van der Waals surface area contributed by atoms with Gasteiger partial charge in [0.2, 0.25) is 0 Å². The molecule has 1 fully saturated rings. The SMILES string of the molecule is COC1(c2nc(C)c(C(C)C)c(N)n2)CCCCC1. The second-order valence-corrected chi connectivity index (χ2v) is 5.85. The van der Waals surface area contributed by atoms with Gasteiger partial charge in [0.1, 0.15) is 11.4 Å². The van der Waals surface area contributed by atoms with Crippen molar-refractivity contribution in [3.8, 4) is 0 Å². The van der Waals surface area contributed by atoms with Crippen LogP contribution in [0.3, 0.4) is 0 Å². The van der Waals surface area contributed by atoms with Crippen molar-refractivity contribution in [3.63, 3.8) is 0 Å². The molecule has 0 bridgehead atoms. The van der Waals surface area contributed by atoms with Crippen LogP contribution in [-0.4, -0.2) is 17.1 Å². The normalized spacial score (nSPS) is 18.8. The standard InChI is InChI=1S/C15H25N3O/c1-10(2)12-11(3)17-14(18-13(12)16)15(19-4)8-6-5-7-9-15/h10H,5-9H2,1-4H3,(H2,16,17,18). The average molecular weight is 263 g/mol. The van der Waals surface area contributed by atoms with Crippen LogP contribution < -0.4 is 5.73 Å². The van der Waals surface area contributed by atoms with E-state index in [1.54, 1.807) is 7.11 Å². The summed E-state index contributed by atoms with van der Waals surface area (Å²) in [6.07, 6.45) is 5.58. The van der Waals surface area contributed by atoms with Crippen molar-refractivity contribution in [2.24, 2.45) is 0 Å². The van der Waals surface area contributed by atoms with Crippen LogP contribution in [0, 0.1) is 6.92 Å². The summed E-state index contributed by atoms with van der Waals surface area (Å²) in [6, 6.07) is 0. The summed E-state index contributed by atoms with van der Waals surface area (Å²) in [7, 11) is 1.76. The molecule has 0 radical (unpaired) electrons. The Morgan fingerprint density at radius 1 is 1.16 bits per heavy atom. The highest BCUT2D eigenvalue weighted by atomic mass is 16.5. The zero-order valence-electron chi connectivity index (χ0n) is 12.5. The Labute approximate surface area is 115 Å². The first-order valence-corrected chi connectivity index (χ1v) is 7.20. The minimum absolute atomic E-state index is 0.327. The molecule has 0 atom stereocenters. The Kier molecular flexibility index (Phi) is 4.09. The van der Waals surface area contributed by atoms with Crippen LogP contribution in [0.25, 0.3) is 0 Å². The van der Waals surface area contributed by atoms with Crippen molar-refractivity contribution in [1.82, 2.24) is 9.97 Å². The lowest BCUT2D eigenvalue weighted by Crippen LogP contribution is -2.34. The van der Waals surface area contributed by atoms with Crippen LogP contribution in [0.2, 0.25) is 0 Å². The highest BCUT2D eigenvalue weighted by molar-refractivity contribution is 5.44. The Bertz CT molecular complexity index is 428. The lowest BCUT2D eigenvalue weighted by Gasteiger charge is -2.35. The predicted molar refractivity (Wildman–Crippen MR) is 77.0 cm³/mol. The number of aromatic nitrogens is 2. The van der Waals surface area contributed by atoms with Gasteiger partial charge in [-0.3, -0.25) is 0 Å². The van der Waals surface area contributed by atoms with Crippen LogP contribution in [0.5, 0.6) is 0 Å². The maximum absolute atomic E-state index is 6.14. The van der Waals surface area contributed by atoms with E-state index < -0.39 is 0 Å². The zero-order chi connectivity index (χ0) is 14.0. The second kappa shape index (κ2) is 5.45. The van der Waals surface area contributed by atoms with E-state index in [0.29, 0.717) is 11.7 Å². The smallest absolute Gasteiger partial charge is 0.162 e. The van der Waals surface area contributed by atoms with E-state index >= 15 is 0 Å². The lowest BCUT2D eigenvalue weighted by molar-refractivity contribution is -0.0515. The second-order valence-electron chi connectivity index (χ2n) is 5.85. The molecule has 0 spiro atoms. The molecule has 2 N–H and O–H groups in total. The van der Waals surface area contributed by atoms with Crippen LogP contribution in [0.15, 0.2) is 0 Å². The van der Waals surface area contributed by atoms with Crippen LogP contribution in [0.4, 0.5) is 5.82 Å². The first kappa shape index (κ1) is 14.3. The predicted octanol–water partition coefficient (Wildman–Crippen LogP) is 3.30. The fraction of sp³-hybridized carbons (Fsp3) is 0.733. The van der Waals surface area contributed by atoms with Crippen molar-refractivity contribution in [2.75, 3.05) is 12.8 Å². The Hall–Kier alpha value is -1.16. The lowest BCUT2D eigenvalue weighted by atomic mass is 9.83. The molecule has 1 aromatic rings. The number of hydrogen-bond acceptors (Lipinski definition) is 4. The highest BCUT2D eigenvalue weighted by Gasteiger charge is 2.37. The number of aryl methyl sites for hydroxylation is 1. The molecule has 1 aliphatic carbocycles. The summed E-state index contributed by atoms with van der Waals surface area (Å²) in [4.78, 5) is 9.27. The van der Waals surface area contributed by atoms with Crippen molar-refractivity contribution in [3.05, 3.63) is 17.1 Å². The molecule has 4 nitrogen and oxygen atoms in total. The summed E-state index contributed by atoms with van der Waals surface area (Å²) in [6.45, 7) is 6.26. The molecule has 106 valence electrons. The minimum atomic E-state index is -0.327. The molecule has 19 heavy (non-hydrogen) atoms. The van der Waals surface area contributed by atoms with Crippen LogP contribution in [-0.2, 0) is 10.3 Å². The van der Waals surface area contributed by atoms with E-state index in [-0.39, 0.29) is 5.60 Å². The molecule has 0 aliphatic heterocycles. The number of nitrogen functional groups attached to an aromatic ring is 1. The van der Waals surface area contributed by atoms with Crippen molar-refractivity contribution in [1.29, 1.82) is 0 Å². The molecule has 1 heterocycles. The molecule has 0 aromatic carbocycles. The largest absolute Gasteiger partial charge is 0.383 e. The van der Waals surface area contributed by atoms with E-state index in [1.165, 1.54) is 19.3 Å².